The SMILES string of the molecule is Cc1cc(C)c(C(C(=O)O)C(=O)O)c(C)c1.[KH]. The third-order valence-electron chi connectivity index (χ3n) is 2.52. The van der Waals surface area contributed by atoms with Crippen molar-refractivity contribution in [1.82, 2.24) is 0 Å². The molecular weight excluding hydrogens is 247 g/mol. The molecule has 0 spiro atoms. The van der Waals surface area contributed by atoms with E-state index >= 15 is 0 Å². The fourth-order valence-corrected chi connectivity index (χ4v) is 2.00. The predicted molar refractivity (Wildman–Crippen MR) is 65.8 cm³/mol. The summed E-state index contributed by atoms with van der Waals surface area (Å²) in [6.07, 6.45) is 0. The number of carboxylic acid groups (broad SMARTS) is 2. The van der Waals surface area contributed by atoms with Crippen LogP contribution in [0, 0.1) is 20.8 Å². The summed E-state index contributed by atoms with van der Waals surface area (Å²) in [6.45, 7) is 5.35. The van der Waals surface area contributed by atoms with Gasteiger partial charge in [0.05, 0.1) is 0 Å². The average Bonchev–Trinajstić information content (AvgIpc) is 2.09. The Labute approximate surface area is 142 Å². The quantitative estimate of drug-likeness (QED) is 0.634. The minimum absolute atomic E-state index is 0. The van der Waals surface area contributed by atoms with Crippen molar-refractivity contribution in [1.29, 1.82) is 0 Å². The van der Waals surface area contributed by atoms with Crippen molar-refractivity contribution >= 4 is 63.3 Å². The van der Waals surface area contributed by atoms with Crippen LogP contribution in [0.25, 0.3) is 0 Å². The van der Waals surface area contributed by atoms with Gasteiger partial charge in [-0.1, -0.05) is 17.7 Å². The van der Waals surface area contributed by atoms with Gasteiger partial charge in [0.15, 0.2) is 5.92 Å². The van der Waals surface area contributed by atoms with Crippen LogP contribution in [0.5, 0.6) is 0 Å². The first-order valence-electron chi connectivity index (χ1n) is 4.88. The van der Waals surface area contributed by atoms with Gasteiger partial charge in [-0.15, -0.1) is 0 Å². The minimum atomic E-state index is -1.49. The van der Waals surface area contributed by atoms with Gasteiger partial charge >= 0.3 is 63.3 Å². The topological polar surface area (TPSA) is 74.6 Å². The zero-order chi connectivity index (χ0) is 12.5. The van der Waals surface area contributed by atoms with E-state index in [-0.39, 0.29) is 51.4 Å². The molecule has 2 N–H and O–H groups in total. The van der Waals surface area contributed by atoms with Gasteiger partial charge in [0.1, 0.15) is 0 Å². The van der Waals surface area contributed by atoms with E-state index < -0.39 is 17.9 Å². The van der Waals surface area contributed by atoms with Crippen molar-refractivity contribution in [2.24, 2.45) is 0 Å². The maximum atomic E-state index is 10.9. The van der Waals surface area contributed by atoms with E-state index in [1.807, 2.05) is 6.92 Å². The van der Waals surface area contributed by atoms with Crippen molar-refractivity contribution in [3.63, 3.8) is 0 Å². The molecule has 0 aromatic heterocycles. The summed E-state index contributed by atoms with van der Waals surface area (Å²) in [5.74, 6) is -4.15. The fourth-order valence-electron chi connectivity index (χ4n) is 2.00. The molecule has 4 nitrogen and oxygen atoms in total. The standard InChI is InChI=1S/C12H14O4.K.H/c1-6-4-7(2)9(8(3)5-6)10(11(13)14)12(15)16;;/h4-5,10H,1-3H3,(H,13,14)(H,15,16);;. The van der Waals surface area contributed by atoms with Gasteiger partial charge in [0.2, 0.25) is 0 Å². The summed E-state index contributed by atoms with van der Waals surface area (Å²) in [5, 5.41) is 17.9. The van der Waals surface area contributed by atoms with Crippen LogP contribution < -0.4 is 0 Å². The van der Waals surface area contributed by atoms with E-state index in [0.29, 0.717) is 16.7 Å². The van der Waals surface area contributed by atoms with Crippen LogP contribution in [-0.4, -0.2) is 73.5 Å². The van der Waals surface area contributed by atoms with E-state index in [0.717, 1.165) is 5.56 Å². The number of carboxylic acids is 2. The molecule has 88 valence electrons. The number of hydrogen-bond donors (Lipinski definition) is 2. The zero-order valence-electron chi connectivity index (χ0n) is 9.44. The van der Waals surface area contributed by atoms with Gasteiger partial charge in [0, 0.05) is 0 Å². The molecule has 0 unspecified atom stereocenters. The second-order valence-corrected chi connectivity index (χ2v) is 3.92. The molecule has 0 radical (unpaired) electrons. The van der Waals surface area contributed by atoms with Crippen LogP contribution in [0.1, 0.15) is 28.2 Å². The molecule has 17 heavy (non-hydrogen) atoms. The van der Waals surface area contributed by atoms with E-state index in [2.05, 4.69) is 0 Å². The Morgan fingerprint density at radius 2 is 1.35 bits per heavy atom. The first-order chi connectivity index (χ1) is 7.34. The number of benzene rings is 1. The van der Waals surface area contributed by atoms with Gasteiger partial charge in [-0.3, -0.25) is 9.59 Å². The number of carbonyl (C=O) groups is 2. The van der Waals surface area contributed by atoms with Crippen LogP contribution in [-0.2, 0) is 9.59 Å². The summed E-state index contributed by atoms with van der Waals surface area (Å²) in [6, 6.07) is 3.59. The Kier molecular flexibility index (Phi) is 6.58. The Bertz CT molecular complexity index is 417. The molecule has 0 saturated heterocycles. The summed E-state index contributed by atoms with van der Waals surface area (Å²) in [4.78, 5) is 21.9. The number of hydrogen-bond acceptors (Lipinski definition) is 2. The molecule has 1 rings (SSSR count). The summed E-state index contributed by atoms with van der Waals surface area (Å²) < 4.78 is 0. The molecule has 0 aliphatic carbocycles. The predicted octanol–water partition coefficient (Wildman–Crippen LogP) is 1.22. The van der Waals surface area contributed by atoms with Crippen LogP contribution in [0.3, 0.4) is 0 Å². The molecule has 0 atom stereocenters. The van der Waals surface area contributed by atoms with Gasteiger partial charge in [-0.05, 0) is 37.5 Å². The molecule has 0 saturated carbocycles. The third-order valence-corrected chi connectivity index (χ3v) is 2.52. The Morgan fingerprint density at radius 1 is 1.00 bits per heavy atom. The molecule has 0 heterocycles. The molecule has 0 aliphatic rings. The monoisotopic (exact) mass is 262 g/mol. The van der Waals surface area contributed by atoms with Crippen molar-refractivity contribution in [3.8, 4) is 0 Å². The first-order valence-corrected chi connectivity index (χ1v) is 4.88. The number of rotatable bonds is 3. The summed E-state index contributed by atoms with van der Waals surface area (Å²) in [5.41, 5.74) is 2.78. The van der Waals surface area contributed by atoms with Crippen molar-refractivity contribution < 1.29 is 19.8 Å². The van der Waals surface area contributed by atoms with Gasteiger partial charge in [0.25, 0.3) is 0 Å². The van der Waals surface area contributed by atoms with E-state index in [1.54, 1.807) is 26.0 Å². The van der Waals surface area contributed by atoms with Crippen molar-refractivity contribution in [2.75, 3.05) is 0 Å². The Hall–Kier alpha value is -0.204. The molecule has 0 fully saturated rings. The van der Waals surface area contributed by atoms with Gasteiger partial charge < -0.3 is 10.2 Å². The molecule has 0 amide bonds. The number of aryl methyl sites for hydroxylation is 3. The van der Waals surface area contributed by atoms with Crippen LogP contribution >= 0.6 is 0 Å². The molecule has 1 aromatic carbocycles. The van der Waals surface area contributed by atoms with Crippen molar-refractivity contribution in [3.05, 3.63) is 34.4 Å². The van der Waals surface area contributed by atoms with Crippen LogP contribution in [0.4, 0.5) is 0 Å². The van der Waals surface area contributed by atoms with Gasteiger partial charge in [-0.2, -0.15) is 0 Å². The fraction of sp³-hybridized carbons (Fsp3) is 0.333. The molecule has 1 aromatic rings. The van der Waals surface area contributed by atoms with E-state index in [9.17, 15) is 9.59 Å². The van der Waals surface area contributed by atoms with E-state index in [1.165, 1.54) is 0 Å². The van der Waals surface area contributed by atoms with Crippen molar-refractivity contribution in [2.45, 2.75) is 26.7 Å². The van der Waals surface area contributed by atoms with E-state index in [4.69, 9.17) is 10.2 Å². The summed E-state index contributed by atoms with van der Waals surface area (Å²) in [7, 11) is 0. The van der Waals surface area contributed by atoms with Gasteiger partial charge in [-0.25, -0.2) is 0 Å². The van der Waals surface area contributed by atoms with Crippen LogP contribution in [0.2, 0.25) is 0 Å². The average molecular weight is 262 g/mol. The first kappa shape index (κ1) is 16.8. The maximum absolute atomic E-state index is 10.9. The Morgan fingerprint density at radius 3 is 1.65 bits per heavy atom. The second kappa shape index (κ2) is 6.65. The second-order valence-electron chi connectivity index (χ2n) is 3.92. The molecule has 0 aliphatic heterocycles. The summed E-state index contributed by atoms with van der Waals surface area (Å²) >= 11 is 0. The Balaban J connectivity index is 0.00000256. The third kappa shape index (κ3) is 3.89. The zero-order valence-corrected chi connectivity index (χ0v) is 9.44. The normalized spacial score (nSPS) is 9.88. The van der Waals surface area contributed by atoms with Crippen LogP contribution in [0.15, 0.2) is 12.1 Å². The molecule has 0 bridgehead atoms. The number of aliphatic carboxylic acids is 2. The molecule has 5 heteroatoms. The molecular formula is C12H15KO4.